The third-order valence-electron chi connectivity index (χ3n) is 2.53. The molecule has 0 aliphatic carbocycles. The number of hydrogen-bond acceptors (Lipinski definition) is 4. The minimum atomic E-state index is -0.383. The molecule has 1 aliphatic heterocycles. The topological polar surface area (TPSA) is 48.4 Å². The molecule has 0 saturated heterocycles. The molecule has 1 aromatic heterocycles. The first kappa shape index (κ1) is 9.96. The van der Waals surface area contributed by atoms with E-state index in [4.69, 9.17) is 4.74 Å². The van der Waals surface area contributed by atoms with Crippen LogP contribution < -0.4 is 4.74 Å². The zero-order valence-electron chi connectivity index (χ0n) is 9.03. The normalized spacial score (nSPS) is 16.7. The smallest absolute Gasteiger partial charge is 0.341 e. The summed E-state index contributed by atoms with van der Waals surface area (Å²) in [6.07, 6.45) is 1.61. The van der Waals surface area contributed by atoms with Crippen molar-refractivity contribution in [3.8, 4) is 5.75 Å². The number of nitrogens with zero attached hydrogens (tertiary/aromatic N) is 1. The number of aromatic nitrogens is 1. The molecule has 1 aromatic rings. The molecule has 0 aromatic carbocycles. The molecule has 0 unspecified atom stereocenters. The summed E-state index contributed by atoms with van der Waals surface area (Å²) in [6.45, 7) is 4.61. The summed E-state index contributed by atoms with van der Waals surface area (Å²) in [5.74, 6) is 0.181. The zero-order valence-corrected chi connectivity index (χ0v) is 9.03. The summed E-state index contributed by atoms with van der Waals surface area (Å²) >= 11 is 0. The minimum absolute atomic E-state index is 0.140. The van der Waals surface area contributed by atoms with E-state index in [-0.39, 0.29) is 11.4 Å². The van der Waals surface area contributed by atoms with Crippen LogP contribution >= 0.6 is 0 Å². The van der Waals surface area contributed by atoms with Gasteiger partial charge in [-0.1, -0.05) is 13.8 Å². The second-order valence-corrected chi connectivity index (χ2v) is 4.20. The lowest BCUT2D eigenvalue weighted by Gasteiger charge is -2.13. The van der Waals surface area contributed by atoms with Crippen molar-refractivity contribution in [2.75, 3.05) is 13.7 Å². The molecular formula is C11H13NO3. The maximum absolute atomic E-state index is 11.5. The van der Waals surface area contributed by atoms with Crippen molar-refractivity contribution in [2.45, 2.75) is 19.3 Å². The number of rotatable bonds is 1. The predicted molar refractivity (Wildman–Crippen MR) is 54.1 cm³/mol. The first-order valence-corrected chi connectivity index (χ1v) is 4.77. The van der Waals surface area contributed by atoms with E-state index < -0.39 is 0 Å². The van der Waals surface area contributed by atoms with E-state index in [1.807, 2.05) is 13.8 Å². The summed E-state index contributed by atoms with van der Waals surface area (Å²) in [4.78, 5) is 15.7. The lowest BCUT2D eigenvalue weighted by atomic mass is 9.91. The molecule has 0 N–H and O–H groups in total. The summed E-state index contributed by atoms with van der Waals surface area (Å²) < 4.78 is 10.2. The highest BCUT2D eigenvalue weighted by atomic mass is 16.5. The van der Waals surface area contributed by atoms with Gasteiger partial charge in [-0.05, 0) is 6.07 Å². The van der Waals surface area contributed by atoms with E-state index in [2.05, 4.69) is 9.72 Å². The Bertz CT molecular complexity index is 412. The summed E-state index contributed by atoms with van der Waals surface area (Å²) in [5, 5.41) is 0. The summed E-state index contributed by atoms with van der Waals surface area (Å²) in [6, 6.07) is 1.62. The van der Waals surface area contributed by atoms with Crippen LogP contribution in [0, 0.1) is 0 Å². The molecule has 0 atom stereocenters. The highest BCUT2D eigenvalue weighted by molar-refractivity contribution is 5.93. The van der Waals surface area contributed by atoms with Gasteiger partial charge in [-0.15, -0.1) is 0 Å². The zero-order chi connectivity index (χ0) is 11.1. The number of carbonyl (C=O) groups excluding carboxylic acids is 1. The van der Waals surface area contributed by atoms with Crippen molar-refractivity contribution < 1.29 is 14.3 Å². The van der Waals surface area contributed by atoms with E-state index in [9.17, 15) is 4.79 Å². The SMILES string of the molecule is COC(=O)c1ccnc2c1OCC2(C)C. The molecule has 0 radical (unpaired) electrons. The Morgan fingerprint density at radius 2 is 2.33 bits per heavy atom. The number of hydrogen-bond donors (Lipinski definition) is 0. The van der Waals surface area contributed by atoms with Gasteiger partial charge < -0.3 is 9.47 Å². The molecule has 0 amide bonds. The number of pyridine rings is 1. The quantitative estimate of drug-likeness (QED) is 0.655. The second-order valence-electron chi connectivity index (χ2n) is 4.20. The largest absolute Gasteiger partial charge is 0.490 e. The van der Waals surface area contributed by atoms with Gasteiger partial charge in [0.1, 0.15) is 5.56 Å². The predicted octanol–water partition coefficient (Wildman–Crippen LogP) is 1.54. The monoisotopic (exact) mass is 207 g/mol. The molecule has 4 nitrogen and oxygen atoms in total. The van der Waals surface area contributed by atoms with E-state index in [1.165, 1.54) is 7.11 Å². The number of fused-ring (bicyclic) bond motifs is 1. The van der Waals surface area contributed by atoms with Gasteiger partial charge in [0, 0.05) is 11.6 Å². The van der Waals surface area contributed by atoms with Crippen molar-refractivity contribution in [1.29, 1.82) is 0 Å². The van der Waals surface area contributed by atoms with Gasteiger partial charge in [-0.25, -0.2) is 4.79 Å². The fraction of sp³-hybridized carbons (Fsp3) is 0.455. The van der Waals surface area contributed by atoms with Crippen LogP contribution in [0.25, 0.3) is 0 Å². The van der Waals surface area contributed by atoms with Gasteiger partial charge in [-0.3, -0.25) is 4.98 Å². The summed E-state index contributed by atoms with van der Waals surface area (Å²) in [5.41, 5.74) is 1.14. The van der Waals surface area contributed by atoms with Gasteiger partial charge >= 0.3 is 5.97 Å². The first-order valence-electron chi connectivity index (χ1n) is 4.77. The average Bonchev–Trinajstić information content (AvgIpc) is 2.54. The maximum Gasteiger partial charge on any atom is 0.341 e. The highest BCUT2D eigenvalue weighted by Crippen LogP contribution is 2.38. The van der Waals surface area contributed by atoms with Crippen molar-refractivity contribution in [3.63, 3.8) is 0 Å². The van der Waals surface area contributed by atoms with Crippen molar-refractivity contribution in [1.82, 2.24) is 4.98 Å². The summed E-state index contributed by atoms with van der Waals surface area (Å²) in [7, 11) is 1.36. The Balaban J connectivity index is 2.54. The van der Waals surface area contributed by atoms with Gasteiger partial charge in [0.25, 0.3) is 0 Å². The molecule has 0 saturated carbocycles. The lowest BCUT2D eigenvalue weighted by molar-refractivity contribution is 0.0596. The molecule has 0 spiro atoms. The Kier molecular flexibility index (Phi) is 2.14. The second kappa shape index (κ2) is 3.22. The third-order valence-corrected chi connectivity index (χ3v) is 2.53. The van der Waals surface area contributed by atoms with Crippen LogP contribution in [0.4, 0.5) is 0 Å². The first-order chi connectivity index (χ1) is 7.06. The van der Waals surface area contributed by atoms with Gasteiger partial charge in [0.15, 0.2) is 5.75 Å². The van der Waals surface area contributed by atoms with Gasteiger partial charge in [0.2, 0.25) is 0 Å². The Labute approximate surface area is 88.2 Å². The van der Waals surface area contributed by atoms with Gasteiger partial charge in [-0.2, -0.15) is 0 Å². The van der Waals surface area contributed by atoms with Crippen molar-refractivity contribution in [3.05, 3.63) is 23.5 Å². The Hall–Kier alpha value is -1.58. The molecule has 0 fully saturated rings. The van der Waals surface area contributed by atoms with Crippen LogP contribution in [-0.4, -0.2) is 24.7 Å². The van der Waals surface area contributed by atoms with Crippen LogP contribution in [0.5, 0.6) is 5.75 Å². The van der Waals surface area contributed by atoms with Crippen LogP contribution in [-0.2, 0) is 10.2 Å². The van der Waals surface area contributed by atoms with Crippen LogP contribution in [0.2, 0.25) is 0 Å². The minimum Gasteiger partial charge on any atom is -0.490 e. The van der Waals surface area contributed by atoms with E-state index in [0.717, 1.165) is 5.69 Å². The van der Waals surface area contributed by atoms with Crippen LogP contribution in [0.15, 0.2) is 12.3 Å². The average molecular weight is 207 g/mol. The standard InChI is InChI=1S/C11H13NO3/c1-11(2)6-15-8-7(10(13)14-3)4-5-12-9(8)11/h4-5H,6H2,1-3H3. The molecule has 15 heavy (non-hydrogen) atoms. The Morgan fingerprint density at radius 1 is 1.60 bits per heavy atom. The number of methoxy groups -OCH3 is 1. The molecule has 2 heterocycles. The van der Waals surface area contributed by atoms with E-state index in [0.29, 0.717) is 17.9 Å². The molecular weight excluding hydrogens is 194 g/mol. The van der Waals surface area contributed by atoms with Crippen LogP contribution in [0.3, 0.4) is 0 Å². The molecule has 80 valence electrons. The van der Waals surface area contributed by atoms with E-state index in [1.54, 1.807) is 12.3 Å². The third kappa shape index (κ3) is 1.46. The number of esters is 1. The fourth-order valence-electron chi connectivity index (χ4n) is 1.67. The fourth-order valence-corrected chi connectivity index (χ4v) is 1.67. The number of carbonyl (C=O) groups is 1. The van der Waals surface area contributed by atoms with Crippen molar-refractivity contribution >= 4 is 5.97 Å². The van der Waals surface area contributed by atoms with E-state index >= 15 is 0 Å². The van der Waals surface area contributed by atoms with Crippen molar-refractivity contribution in [2.24, 2.45) is 0 Å². The van der Waals surface area contributed by atoms with Crippen LogP contribution in [0.1, 0.15) is 29.9 Å². The maximum atomic E-state index is 11.5. The highest BCUT2D eigenvalue weighted by Gasteiger charge is 2.36. The molecule has 1 aliphatic rings. The molecule has 4 heteroatoms. The molecule has 2 rings (SSSR count). The van der Waals surface area contributed by atoms with Gasteiger partial charge in [0.05, 0.1) is 19.4 Å². The number of ether oxygens (including phenoxy) is 2. The molecule has 0 bridgehead atoms. The Morgan fingerprint density at radius 3 is 3.00 bits per heavy atom. The lowest BCUT2D eigenvalue weighted by Crippen LogP contribution is -2.19.